The van der Waals surface area contributed by atoms with Crippen molar-refractivity contribution in [2.24, 2.45) is 7.05 Å². The molecule has 9 heteroatoms. The SMILES string of the molecule is CC(OCn1c(Br)nc2c1c(=O)[nH]c(=O)n2C)[Si](C)(C)C. The van der Waals surface area contributed by atoms with Crippen LogP contribution in [0.1, 0.15) is 6.92 Å². The van der Waals surface area contributed by atoms with E-state index in [1.165, 1.54) is 4.57 Å². The highest BCUT2D eigenvalue weighted by atomic mass is 79.9. The minimum atomic E-state index is -1.42. The van der Waals surface area contributed by atoms with Gasteiger partial charge in [-0.05, 0) is 22.9 Å². The van der Waals surface area contributed by atoms with Crippen LogP contribution in [0, 0.1) is 0 Å². The normalized spacial score (nSPS) is 13.8. The lowest BCUT2D eigenvalue weighted by atomic mass is 10.5. The number of nitrogens with one attached hydrogen (secondary N) is 1. The van der Waals surface area contributed by atoms with Gasteiger partial charge in [-0.3, -0.25) is 18.9 Å². The van der Waals surface area contributed by atoms with Crippen LogP contribution in [0.2, 0.25) is 19.6 Å². The molecule has 0 saturated heterocycles. The van der Waals surface area contributed by atoms with E-state index in [1.807, 2.05) is 6.92 Å². The van der Waals surface area contributed by atoms with E-state index < -0.39 is 19.3 Å². The summed E-state index contributed by atoms with van der Waals surface area (Å²) in [6, 6.07) is 0. The number of hydrogen-bond acceptors (Lipinski definition) is 4. The molecule has 1 atom stereocenters. The Labute approximate surface area is 131 Å². The zero-order chi connectivity index (χ0) is 15.9. The molecule has 7 nitrogen and oxygen atoms in total. The van der Waals surface area contributed by atoms with Crippen LogP contribution in [-0.4, -0.2) is 32.9 Å². The number of hydrogen-bond donors (Lipinski definition) is 1. The topological polar surface area (TPSA) is 81.9 Å². The van der Waals surface area contributed by atoms with Gasteiger partial charge in [0.05, 0.1) is 8.07 Å². The first-order valence-corrected chi connectivity index (χ1v) is 11.0. The first-order chi connectivity index (χ1) is 9.62. The van der Waals surface area contributed by atoms with Gasteiger partial charge in [0.2, 0.25) is 0 Å². The lowest BCUT2D eigenvalue weighted by Gasteiger charge is -2.25. The lowest BCUT2D eigenvalue weighted by molar-refractivity contribution is 0.0575. The van der Waals surface area contributed by atoms with Gasteiger partial charge in [0, 0.05) is 12.8 Å². The largest absolute Gasteiger partial charge is 0.361 e. The summed E-state index contributed by atoms with van der Waals surface area (Å²) in [6.07, 6.45) is 0. The van der Waals surface area contributed by atoms with Crippen LogP contribution >= 0.6 is 15.9 Å². The Bertz CT molecular complexity index is 787. The van der Waals surface area contributed by atoms with Crippen molar-refractivity contribution in [2.75, 3.05) is 0 Å². The molecular weight excluding hydrogens is 356 g/mol. The molecule has 0 radical (unpaired) electrons. The fourth-order valence-corrected chi connectivity index (χ4v) is 2.78. The van der Waals surface area contributed by atoms with Crippen LogP contribution in [0.15, 0.2) is 14.3 Å². The number of aromatic amines is 1. The van der Waals surface area contributed by atoms with Gasteiger partial charge in [-0.2, -0.15) is 0 Å². The molecule has 0 spiro atoms. The van der Waals surface area contributed by atoms with Crippen LogP contribution in [0.4, 0.5) is 0 Å². The highest BCUT2D eigenvalue weighted by Gasteiger charge is 2.24. The summed E-state index contributed by atoms with van der Waals surface area (Å²) in [7, 11) is 0.141. The number of nitrogens with zero attached hydrogens (tertiary/aromatic N) is 3. The summed E-state index contributed by atoms with van der Waals surface area (Å²) in [5.41, 5.74) is -0.156. The molecule has 2 aromatic rings. The molecule has 116 valence electrons. The number of H-pyrrole nitrogens is 1. The quantitative estimate of drug-likeness (QED) is 0.648. The second-order valence-corrected chi connectivity index (χ2v) is 12.4. The Balaban J connectivity index is 2.46. The third-order valence-corrected chi connectivity index (χ3v) is 6.84. The van der Waals surface area contributed by atoms with E-state index in [0.29, 0.717) is 15.9 Å². The second kappa shape index (κ2) is 5.54. The molecule has 21 heavy (non-hydrogen) atoms. The van der Waals surface area contributed by atoms with E-state index in [0.717, 1.165) is 0 Å². The molecule has 1 N–H and O–H groups in total. The van der Waals surface area contributed by atoms with Crippen molar-refractivity contribution < 1.29 is 4.74 Å². The zero-order valence-corrected chi connectivity index (χ0v) is 15.3. The molecule has 0 saturated carbocycles. The Morgan fingerprint density at radius 1 is 1.38 bits per heavy atom. The monoisotopic (exact) mass is 374 g/mol. The Hall–Kier alpha value is -1.19. The second-order valence-electron chi connectivity index (χ2n) is 6.10. The van der Waals surface area contributed by atoms with E-state index >= 15 is 0 Å². The lowest BCUT2D eigenvalue weighted by Crippen LogP contribution is -2.38. The van der Waals surface area contributed by atoms with Crippen LogP contribution in [0.3, 0.4) is 0 Å². The molecule has 0 bridgehead atoms. The third kappa shape index (κ3) is 3.04. The average Bonchev–Trinajstić information content (AvgIpc) is 2.69. The van der Waals surface area contributed by atoms with Gasteiger partial charge >= 0.3 is 5.69 Å². The number of imidazole rings is 1. The molecule has 2 rings (SSSR count). The molecule has 0 aliphatic rings. The van der Waals surface area contributed by atoms with Gasteiger partial charge in [-0.1, -0.05) is 19.6 Å². The molecular formula is C12H19BrN4O3Si. The van der Waals surface area contributed by atoms with Gasteiger partial charge in [0.1, 0.15) is 6.73 Å². The summed E-state index contributed by atoms with van der Waals surface area (Å²) in [4.78, 5) is 30.1. The van der Waals surface area contributed by atoms with Crippen molar-refractivity contribution in [3.8, 4) is 0 Å². The molecule has 0 aromatic carbocycles. The van der Waals surface area contributed by atoms with Gasteiger partial charge in [-0.15, -0.1) is 0 Å². The molecule has 0 aliphatic carbocycles. The van der Waals surface area contributed by atoms with Gasteiger partial charge in [0.15, 0.2) is 15.9 Å². The van der Waals surface area contributed by atoms with E-state index in [1.54, 1.807) is 11.6 Å². The number of rotatable bonds is 4. The highest BCUT2D eigenvalue weighted by molar-refractivity contribution is 9.10. The van der Waals surface area contributed by atoms with E-state index in [-0.39, 0.29) is 12.5 Å². The standard InChI is InChI=1S/C12H19BrN4O3Si/c1-7(21(3,4)5)20-6-17-8-9(14-11(17)13)16(2)12(19)15-10(8)18/h7H,6H2,1-5H3,(H,15,18,19). The van der Waals surface area contributed by atoms with Crippen LogP contribution in [0.5, 0.6) is 0 Å². The van der Waals surface area contributed by atoms with E-state index in [2.05, 4.69) is 45.5 Å². The summed E-state index contributed by atoms with van der Waals surface area (Å²) in [5, 5.41) is 0. The Morgan fingerprint density at radius 2 is 2.00 bits per heavy atom. The van der Waals surface area contributed by atoms with E-state index in [9.17, 15) is 9.59 Å². The number of aromatic nitrogens is 4. The molecule has 0 amide bonds. The molecule has 2 aromatic heterocycles. The summed E-state index contributed by atoms with van der Waals surface area (Å²) < 4.78 is 9.28. The number of halogens is 1. The minimum Gasteiger partial charge on any atom is -0.361 e. The Kier molecular flexibility index (Phi) is 4.27. The van der Waals surface area contributed by atoms with Gasteiger partial charge < -0.3 is 4.74 Å². The first kappa shape index (κ1) is 16.2. The van der Waals surface area contributed by atoms with Crippen molar-refractivity contribution in [3.63, 3.8) is 0 Å². The predicted octanol–water partition coefficient (Wildman–Crippen LogP) is 1.43. The third-order valence-electron chi connectivity index (χ3n) is 3.63. The summed E-state index contributed by atoms with van der Waals surface area (Å²) in [5.74, 6) is 0. The van der Waals surface area contributed by atoms with Crippen molar-refractivity contribution in [1.29, 1.82) is 0 Å². The highest BCUT2D eigenvalue weighted by Crippen LogP contribution is 2.18. The fraction of sp³-hybridized carbons (Fsp3) is 0.583. The number of ether oxygens (including phenoxy) is 1. The average molecular weight is 375 g/mol. The molecule has 1 unspecified atom stereocenters. The van der Waals surface area contributed by atoms with Crippen LogP contribution < -0.4 is 11.2 Å². The van der Waals surface area contributed by atoms with Crippen molar-refractivity contribution in [2.45, 2.75) is 39.0 Å². The van der Waals surface area contributed by atoms with E-state index in [4.69, 9.17) is 4.74 Å². The fourth-order valence-electron chi connectivity index (χ4n) is 1.76. The Morgan fingerprint density at radius 3 is 2.57 bits per heavy atom. The van der Waals surface area contributed by atoms with Crippen molar-refractivity contribution >= 4 is 35.2 Å². The maximum absolute atomic E-state index is 12.0. The van der Waals surface area contributed by atoms with Crippen molar-refractivity contribution in [3.05, 3.63) is 25.6 Å². The summed E-state index contributed by atoms with van der Waals surface area (Å²) in [6.45, 7) is 8.91. The molecule has 0 aliphatic heterocycles. The van der Waals surface area contributed by atoms with Gasteiger partial charge in [0.25, 0.3) is 5.56 Å². The number of fused-ring (bicyclic) bond motifs is 1. The van der Waals surface area contributed by atoms with Crippen LogP contribution in [0.25, 0.3) is 11.2 Å². The smallest absolute Gasteiger partial charge is 0.329 e. The maximum Gasteiger partial charge on any atom is 0.329 e. The maximum atomic E-state index is 12.0. The molecule has 0 fully saturated rings. The van der Waals surface area contributed by atoms with Crippen LogP contribution in [-0.2, 0) is 18.5 Å². The molecule has 2 heterocycles. The van der Waals surface area contributed by atoms with Gasteiger partial charge in [-0.25, -0.2) is 9.78 Å². The van der Waals surface area contributed by atoms with Crippen molar-refractivity contribution in [1.82, 2.24) is 19.1 Å². The summed E-state index contributed by atoms with van der Waals surface area (Å²) >= 11 is 3.32. The first-order valence-electron chi connectivity index (χ1n) is 6.59. The number of aryl methyl sites for hydroxylation is 1. The minimum absolute atomic E-state index is 0.133. The predicted molar refractivity (Wildman–Crippen MR) is 87.2 cm³/mol. The zero-order valence-electron chi connectivity index (χ0n) is 12.7.